The predicted octanol–water partition coefficient (Wildman–Crippen LogP) is 1.67. The van der Waals surface area contributed by atoms with Crippen LogP contribution in [0.5, 0.6) is 0 Å². The summed E-state index contributed by atoms with van der Waals surface area (Å²) in [7, 11) is 4.45. The molecule has 0 radical (unpaired) electrons. The lowest BCUT2D eigenvalue weighted by Gasteiger charge is -2.29. The van der Waals surface area contributed by atoms with Gasteiger partial charge < -0.3 is 9.80 Å². The maximum absolute atomic E-state index is 2.44. The molecule has 0 spiro atoms. The van der Waals surface area contributed by atoms with Gasteiger partial charge in [0.1, 0.15) is 0 Å². The molecular formula is C11H24N2. The molecule has 0 aromatic rings. The van der Waals surface area contributed by atoms with Crippen LogP contribution in [0.15, 0.2) is 0 Å². The second-order valence-electron chi connectivity index (χ2n) is 4.43. The van der Waals surface area contributed by atoms with E-state index in [0.29, 0.717) is 0 Å². The fourth-order valence-corrected chi connectivity index (χ4v) is 1.91. The molecule has 0 amide bonds. The lowest BCUT2D eigenvalue weighted by atomic mass is 9.94. The van der Waals surface area contributed by atoms with E-state index in [9.17, 15) is 0 Å². The van der Waals surface area contributed by atoms with Crippen LogP contribution < -0.4 is 0 Å². The van der Waals surface area contributed by atoms with Gasteiger partial charge in [0.25, 0.3) is 0 Å². The van der Waals surface area contributed by atoms with Crippen LogP contribution in [-0.4, -0.2) is 50.1 Å². The van der Waals surface area contributed by atoms with Gasteiger partial charge in [-0.3, -0.25) is 0 Å². The summed E-state index contributed by atoms with van der Waals surface area (Å²) < 4.78 is 0. The fraction of sp³-hybridized carbons (Fsp3) is 1.00. The standard InChI is InChI=1S/C11H24N2/c1-4-12(2)8-5-11-6-9-13(3)10-7-11/h11H,4-10H2,1-3H3. The predicted molar refractivity (Wildman–Crippen MR) is 58.0 cm³/mol. The van der Waals surface area contributed by atoms with Gasteiger partial charge in [-0.05, 0) is 65.5 Å². The lowest BCUT2D eigenvalue weighted by molar-refractivity contribution is 0.197. The summed E-state index contributed by atoms with van der Waals surface area (Å²) in [6.07, 6.45) is 4.22. The second-order valence-corrected chi connectivity index (χ2v) is 4.43. The first-order chi connectivity index (χ1) is 6.22. The summed E-state index contributed by atoms with van der Waals surface area (Å²) >= 11 is 0. The van der Waals surface area contributed by atoms with Gasteiger partial charge in [0.15, 0.2) is 0 Å². The van der Waals surface area contributed by atoms with Crippen molar-refractivity contribution in [1.82, 2.24) is 9.80 Å². The average molecular weight is 184 g/mol. The molecule has 0 aromatic heterocycles. The van der Waals surface area contributed by atoms with Crippen LogP contribution >= 0.6 is 0 Å². The normalized spacial score (nSPS) is 21.2. The second kappa shape index (κ2) is 5.61. The summed E-state index contributed by atoms with van der Waals surface area (Å²) in [5, 5.41) is 0. The zero-order valence-electron chi connectivity index (χ0n) is 9.42. The van der Waals surface area contributed by atoms with E-state index in [2.05, 4.69) is 30.8 Å². The fourth-order valence-electron chi connectivity index (χ4n) is 1.91. The molecule has 1 aliphatic heterocycles. The molecule has 2 nitrogen and oxygen atoms in total. The molecule has 1 rings (SSSR count). The van der Waals surface area contributed by atoms with E-state index >= 15 is 0 Å². The smallest absolute Gasteiger partial charge is 0.00191 e. The van der Waals surface area contributed by atoms with Crippen molar-refractivity contribution in [3.8, 4) is 0 Å². The summed E-state index contributed by atoms with van der Waals surface area (Å²) in [5.74, 6) is 0.991. The van der Waals surface area contributed by atoms with Crippen LogP contribution in [0.25, 0.3) is 0 Å². The minimum Gasteiger partial charge on any atom is -0.307 e. The number of nitrogens with zero attached hydrogens (tertiary/aromatic N) is 2. The molecule has 13 heavy (non-hydrogen) atoms. The van der Waals surface area contributed by atoms with E-state index in [-0.39, 0.29) is 0 Å². The highest BCUT2D eigenvalue weighted by molar-refractivity contribution is 4.70. The Morgan fingerprint density at radius 3 is 2.46 bits per heavy atom. The Kier molecular flexibility index (Phi) is 4.74. The zero-order valence-corrected chi connectivity index (χ0v) is 9.42. The highest BCUT2D eigenvalue weighted by atomic mass is 15.1. The van der Waals surface area contributed by atoms with E-state index in [0.717, 1.165) is 5.92 Å². The van der Waals surface area contributed by atoms with E-state index < -0.39 is 0 Å². The Hall–Kier alpha value is -0.0800. The highest BCUT2D eigenvalue weighted by Crippen LogP contribution is 2.19. The Labute approximate surface area is 82.9 Å². The minimum atomic E-state index is 0.991. The quantitative estimate of drug-likeness (QED) is 0.656. The van der Waals surface area contributed by atoms with Crippen LogP contribution in [0.4, 0.5) is 0 Å². The first-order valence-corrected chi connectivity index (χ1v) is 5.59. The average Bonchev–Trinajstić information content (AvgIpc) is 2.16. The monoisotopic (exact) mass is 184 g/mol. The minimum absolute atomic E-state index is 0.991. The molecule has 1 fully saturated rings. The van der Waals surface area contributed by atoms with Gasteiger partial charge in [-0.25, -0.2) is 0 Å². The number of piperidine rings is 1. The largest absolute Gasteiger partial charge is 0.307 e. The molecule has 1 aliphatic rings. The molecule has 0 atom stereocenters. The molecule has 0 bridgehead atoms. The lowest BCUT2D eigenvalue weighted by Crippen LogP contribution is -2.31. The van der Waals surface area contributed by atoms with Crippen molar-refractivity contribution in [2.75, 3.05) is 40.3 Å². The van der Waals surface area contributed by atoms with Gasteiger partial charge in [-0.15, -0.1) is 0 Å². The number of hydrogen-bond donors (Lipinski definition) is 0. The van der Waals surface area contributed by atoms with E-state index in [1.165, 1.54) is 45.4 Å². The maximum atomic E-state index is 2.44. The van der Waals surface area contributed by atoms with Crippen molar-refractivity contribution in [2.45, 2.75) is 26.2 Å². The van der Waals surface area contributed by atoms with E-state index in [4.69, 9.17) is 0 Å². The molecular weight excluding hydrogens is 160 g/mol. The summed E-state index contributed by atoms with van der Waals surface area (Å²) in [6.45, 7) is 7.31. The molecule has 0 aliphatic carbocycles. The van der Waals surface area contributed by atoms with Crippen molar-refractivity contribution >= 4 is 0 Å². The SMILES string of the molecule is CCN(C)CCC1CCN(C)CC1. The first kappa shape index (κ1) is 11.0. The van der Waals surface area contributed by atoms with Crippen LogP contribution in [0, 0.1) is 5.92 Å². The summed E-state index contributed by atoms with van der Waals surface area (Å²) in [6, 6.07) is 0. The van der Waals surface area contributed by atoms with Gasteiger partial charge in [-0.2, -0.15) is 0 Å². The molecule has 1 saturated heterocycles. The third kappa shape index (κ3) is 4.10. The molecule has 78 valence electrons. The third-order valence-corrected chi connectivity index (χ3v) is 3.30. The van der Waals surface area contributed by atoms with Crippen molar-refractivity contribution in [1.29, 1.82) is 0 Å². The molecule has 2 heteroatoms. The van der Waals surface area contributed by atoms with Crippen LogP contribution in [0.1, 0.15) is 26.2 Å². The number of rotatable bonds is 4. The Bertz CT molecular complexity index is 128. The van der Waals surface area contributed by atoms with Crippen molar-refractivity contribution in [3.63, 3.8) is 0 Å². The topological polar surface area (TPSA) is 6.48 Å². The highest BCUT2D eigenvalue weighted by Gasteiger charge is 2.16. The van der Waals surface area contributed by atoms with Gasteiger partial charge in [-0.1, -0.05) is 6.92 Å². The molecule has 0 N–H and O–H groups in total. The van der Waals surface area contributed by atoms with E-state index in [1.54, 1.807) is 0 Å². The van der Waals surface area contributed by atoms with E-state index in [1.807, 2.05) is 0 Å². The van der Waals surface area contributed by atoms with Gasteiger partial charge in [0.05, 0.1) is 0 Å². The number of hydrogen-bond acceptors (Lipinski definition) is 2. The Morgan fingerprint density at radius 1 is 1.31 bits per heavy atom. The maximum Gasteiger partial charge on any atom is -0.00191 e. The zero-order chi connectivity index (χ0) is 9.68. The van der Waals surface area contributed by atoms with Crippen molar-refractivity contribution < 1.29 is 0 Å². The van der Waals surface area contributed by atoms with Crippen LogP contribution in [0.3, 0.4) is 0 Å². The first-order valence-electron chi connectivity index (χ1n) is 5.59. The van der Waals surface area contributed by atoms with Crippen LogP contribution in [-0.2, 0) is 0 Å². The van der Waals surface area contributed by atoms with Gasteiger partial charge in [0, 0.05) is 0 Å². The molecule has 0 aromatic carbocycles. The number of likely N-dealkylation sites (tertiary alicyclic amines) is 1. The van der Waals surface area contributed by atoms with Gasteiger partial charge in [0.2, 0.25) is 0 Å². The van der Waals surface area contributed by atoms with Gasteiger partial charge >= 0.3 is 0 Å². The molecule has 1 heterocycles. The van der Waals surface area contributed by atoms with Crippen molar-refractivity contribution in [2.24, 2.45) is 5.92 Å². The summed E-state index contributed by atoms with van der Waals surface area (Å²) in [5.41, 5.74) is 0. The summed E-state index contributed by atoms with van der Waals surface area (Å²) in [4.78, 5) is 4.86. The Morgan fingerprint density at radius 2 is 1.92 bits per heavy atom. The van der Waals surface area contributed by atoms with Crippen molar-refractivity contribution in [3.05, 3.63) is 0 Å². The van der Waals surface area contributed by atoms with Crippen LogP contribution in [0.2, 0.25) is 0 Å². The Balaban J connectivity index is 2.08. The third-order valence-electron chi connectivity index (χ3n) is 3.30. The molecule has 0 unspecified atom stereocenters. The molecule has 0 saturated carbocycles.